The zero-order valence-corrected chi connectivity index (χ0v) is 13.7. The standard InChI is InChI=1S/C20H20F2O2/c1-2-5-12-8-9-14-15-10-11-16(23-13-6-3-4-7-13)18(22)20(15)24-19(14)17(12)21/h8-11,13H,2-7H2,1H3. The van der Waals surface area contributed by atoms with Gasteiger partial charge >= 0.3 is 0 Å². The van der Waals surface area contributed by atoms with Crippen molar-refractivity contribution in [3.8, 4) is 5.75 Å². The molecule has 0 N–H and O–H groups in total. The fraction of sp³-hybridized carbons (Fsp3) is 0.400. The fourth-order valence-electron chi connectivity index (χ4n) is 3.60. The molecule has 1 aromatic heterocycles. The van der Waals surface area contributed by atoms with Gasteiger partial charge in [0.2, 0.25) is 5.82 Å². The van der Waals surface area contributed by atoms with Crippen LogP contribution >= 0.6 is 0 Å². The van der Waals surface area contributed by atoms with E-state index in [9.17, 15) is 8.78 Å². The second kappa shape index (κ2) is 6.08. The normalized spacial score (nSPS) is 15.6. The Hall–Kier alpha value is -2.10. The Labute approximate surface area is 139 Å². The zero-order valence-electron chi connectivity index (χ0n) is 13.7. The predicted octanol–water partition coefficient (Wildman–Crippen LogP) is 6.14. The summed E-state index contributed by atoms with van der Waals surface area (Å²) in [6.07, 6.45) is 5.68. The molecule has 1 saturated carbocycles. The Morgan fingerprint density at radius 2 is 1.67 bits per heavy atom. The molecule has 0 bridgehead atoms. The Kier molecular flexibility index (Phi) is 3.91. The summed E-state index contributed by atoms with van der Waals surface area (Å²) in [6.45, 7) is 1.99. The lowest BCUT2D eigenvalue weighted by molar-refractivity contribution is 0.201. The van der Waals surface area contributed by atoms with Gasteiger partial charge in [0, 0.05) is 10.8 Å². The molecule has 0 aliphatic heterocycles. The molecule has 126 valence electrons. The minimum atomic E-state index is -0.535. The molecule has 0 radical (unpaired) electrons. The molecule has 1 heterocycles. The maximum absolute atomic E-state index is 14.8. The lowest BCUT2D eigenvalue weighted by Gasteiger charge is -2.13. The molecular formula is C20H20F2O2. The number of aryl methyl sites for hydroxylation is 1. The molecule has 0 atom stereocenters. The Bertz CT molecular complexity index is 892. The third-order valence-corrected chi connectivity index (χ3v) is 4.85. The Morgan fingerprint density at radius 1 is 1.00 bits per heavy atom. The predicted molar refractivity (Wildman–Crippen MR) is 90.5 cm³/mol. The van der Waals surface area contributed by atoms with Crippen molar-refractivity contribution < 1.29 is 17.9 Å². The van der Waals surface area contributed by atoms with Gasteiger partial charge in [0.25, 0.3) is 0 Å². The van der Waals surface area contributed by atoms with Crippen LogP contribution in [-0.4, -0.2) is 6.10 Å². The van der Waals surface area contributed by atoms with Gasteiger partial charge in [-0.2, -0.15) is 4.39 Å². The van der Waals surface area contributed by atoms with Gasteiger partial charge < -0.3 is 9.15 Å². The van der Waals surface area contributed by atoms with Crippen LogP contribution in [0, 0.1) is 11.6 Å². The van der Waals surface area contributed by atoms with Gasteiger partial charge in [-0.25, -0.2) is 4.39 Å². The van der Waals surface area contributed by atoms with Gasteiger partial charge in [0.15, 0.2) is 22.7 Å². The van der Waals surface area contributed by atoms with Crippen molar-refractivity contribution >= 4 is 21.9 Å². The third-order valence-electron chi connectivity index (χ3n) is 4.85. The number of rotatable bonds is 4. The molecule has 4 heteroatoms. The van der Waals surface area contributed by atoms with E-state index in [4.69, 9.17) is 9.15 Å². The number of ether oxygens (including phenoxy) is 1. The van der Waals surface area contributed by atoms with Crippen LogP contribution < -0.4 is 4.74 Å². The van der Waals surface area contributed by atoms with Gasteiger partial charge in [0.1, 0.15) is 0 Å². The Morgan fingerprint density at radius 3 is 2.38 bits per heavy atom. The number of benzene rings is 2. The molecule has 0 saturated heterocycles. The number of halogens is 2. The van der Waals surface area contributed by atoms with E-state index in [1.54, 1.807) is 18.2 Å². The van der Waals surface area contributed by atoms with Crippen LogP contribution in [-0.2, 0) is 6.42 Å². The van der Waals surface area contributed by atoms with E-state index in [2.05, 4.69) is 0 Å². The molecule has 0 spiro atoms. The maximum Gasteiger partial charge on any atom is 0.208 e. The van der Waals surface area contributed by atoms with Crippen LogP contribution in [0.2, 0.25) is 0 Å². The third kappa shape index (κ3) is 2.45. The van der Waals surface area contributed by atoms with E-state index in [-0.39, 0.29) is 28.8 Å². The van der Waals surface area contributed by atoms with Crippen LogP contribution in [0.25, 0.3) is 21.9 Å². The minimum absolute atomic E-state index is 0.0641. The van der Waals surface area contributed by atoms with Crippen molar-refractivity contribution in [2.24, 2.45) is 0 Å². The molecule has 1 aliphatic carbocycles. The van der Waals surface area contributed by atoms with E-state index in [1.165, 1.54) is 0 Å². The van der Waals surface area contributed by atoms with E-state index in [0.29, 0.717) is 22.8 Å². The molecule has 4 rings (SSSR count). The van der Waals surface area contributed by atoms with E-state index >= 15 is 0 Å². The van der Waals surface area contributed by atoms with E-state index in [0.717, 1.165) is 32.1 Å². The average Bonchev–Trinajstić information content (AvgIpc) is 3.21. The summed E-state index contributed by atoms with van der Waals surface area (Å²) in [6, 6.07) is 6.96. The second-order valence-corrected chi connectivity index (χ2v) is 6.55. The molecule has 2 nitrogen and oxygen atoms in total. The summed E-state index contributed by atoms with van der Waals surface area (Å²) in [7, 11) is 0. The largest absolute Gasteiger partial charge is 0.487 e. The topological polar surface area (TPSA) is 22.4 Å². The van der Waals surface area contributed by atoms with Crippen LogP contribution in [0.15, 0.2) is 28.7 Å². The molecule has 3 aromatic rings. The van der Waals surface area contributed by atoms with Crippen molar-refractivity contribution in [3.05, 3.63) is 41.5 Å². The highest BCUT2D eigenvalue weighted by atomic mass is 19.1. The number of furan rings is 1. The number of fused-ring (bicyclic) bond motifs is 3. The van der Waals surface area contributed by atoms with Gasteiger partial charge in [0.05, 0.1) is 6.10 Å². The van der Waals surface area contributed by atoms with E-state index < -0.39 is 5.82 Å². The highest BCUT2D eigenvalue weighted by Crippen LogP contribution is 2.37. The number of hydrogen-bond acceptors (Lipinski definition) is 2. The van der Waals surface area contributed by atoms with Crippen molar-refractivity contribution in [1.82, 2.24) is 0 Å². The highest BCUT2D eigenvalue weighted by molar-refractivity contribution is 6.05. The fourth-order valence-corrected chi connectivity index (χ4v) is 3.60. The van der Waals surface area contributed by atoms with Crippen LogP contribution in [0.3, 0.4) is 0 Å². The maximum atomic E-state index is 14.8. The van der Waals surface area contributed by atoms with Gasteiger partial charge in [-0.3, -0.25) is 0 Å². The second-order valence-electron chi connectivity index (χ2n) is 6.55. The Balaban J connectivity index is 1.82. The smallest absolute Gasteiger partial charge is 0.208 e. The lowest BCUT2D eigenvalue weighted by atomic mass is 10.1. The van der Waals surface area contributed by atoms with Crippen molar-refractivity contribution in [3.63, 3.8) is 0 Å². The zero-order chi connectivity index (χ0) is 16.7. The quantitative estimate of drug-likeness (QED) is 0.573. The van der Waals surface area contributed by atoms with Crippen molar-refractivity contribution in [2.45, 2.75) is 51.6 Å². The molecule has 0 amide bonds. The highest BCUT2D eigenvalue weighted by Gasteiger charge is 2.22. The van der Waals surface area contributed by atoms with Gasteiger partial charge in [-0.15, -0.1) is 0 Å². The summed E-state index contributed by atoms with van der Waals surface area (Å²) in [5.74, 6) is -0.724. The van der Waals surface area contributed by atoms with E-state index in [1.807, 2.05) is 13.0 Å². The number of hydrogen-bond donors (Lipinski definition) is 0. The van der Waals surface area contributed by atoms with Crippen molar-refractivity contribution in [1.29, 1.82) is 0 Å². The van der Waals surface area contributed by atoms with Crippen LogP contribution in [0.4, 0.5) is 8.78 Å². The van der Waals surface area contributed by atoms with Crippen molar-refractivity contribution in [2.75, 3.05) is 0 Å². The molecule has 1 aliphatic rings. The summed E-state index contributed by atoms with van der Waals surface area (Å²) in [5, 5.41) is 1.19. The van der Waals surface area contributed by atoms with Gasteiger partial charge in [-0.1, -0.05) is 19.4 Å². The molecule has 0 unspecified atom stereocenters. The summed E-state index contributed by atoms with van der Waals surface area (Å²) >= 11 is 0. The first kappa shape index (κ1) is 15.4. The lowest BCUT2D eigenvalue weighted by Crippen LogP contribution is -2.11. The summed E-state index contributed by atoms with van der Waals surface area (Å²) in [5.41, 5.74) is 0.813. The summed E-state index contributed by atoms with van der Waals surface area (Å²) < 4.78 is 40.8. The SMILES string of the molecule is CCCc1ccc2c(oc3c(F)c(OC4CCCC4)ccc32)c1F. The molecule has 2 aromatic carbocycles. The molecule has 1 fully saturated rings. The molecular weight excluding hydrogens is 310 g/mol. The van der Waals surface area contributed by atoms with Crippen LogP contribution in [0.5, 0.6) is 5.75 Å². The molecule has 24 heavy (non-hydrogen) atoms. The average molecular weight is 330 g/mol. The minimum Gasteiger partial charge on any atom is -0.487 e. The summed E-state index contributed by atoms with van der Waals surface area (Å²) in [4.78, 5) is 0. The van der Waals surface area contributed by atoms with Gasteiger partial charge in [-0.05, 0) is 55.9 Å². The monoisotopic (exact) mass is 330 g/mol. The first-order chi connectivity index (χ1) is 11.7. The van der Waals surface area contributed by atoms with Crippen LogP contribution in [0.1, 0.15) is 44.6 Å². The first-order valence-corrected chi connectivity index (χ1v) is 8.67. The first-order valence-electron chi connectivity index (χ1n) is 8.67.